The monoisotopic (exact) mass is 395 g/mol. The van der Waals surface area contributed by atoms with Crippen LogP contribution in [0.5, 0.6) is 0 Å². The lowest BCUT2D eigenvalue weighted by molar-refractivity contribution is -0.115. The van der Waals surface area contributed by atoms with Crippen LogP contribution < -0.4 is 10.6 Å². The third-order valence-electron chi connectivity index (χ3n) is 4.02. The molecule has 3 aromatic rings. The van der Waals surface area contributed by atoms with Gasteiger partial charge in [-0.1, -0.05) is 36.0 Å². The van der Waals surface area contributed by atoms with Crippen LogP contribution in [0.15, 0.2) is 60.0 Å². The highest BCUT2D eigenvalue weighted by molar-refractivity contribution is 8.00. The molecule has 8 heteroatoms. The molecule has 0 aliphatic carbocycles. The lowest BCUT2D eigenvalue weighted by Gasteiger charge is -2.14. The number of rotatable bonds is 6. The van der Waals surface area contributed by atoms with Gasteiger partial charge in [0, 0.05) is 18.3 Å². The SMILES string of the molecule is CC(=O)Nc1cccc(-n2cnnc2SC(C)C(=O)Nc2ccccc2C)c1. The fourth-order valence-electron chi connectivity index (χ4n) is 2.58. The summed E-state index contributed by atoms with van der Waals surface area (Å²) in [6.07, 6.45) is 1.58. The molecule has 0 saturated heterocycles. The smallest absolute Gasteiger partial charge is 0.237 e. The highest BCUT2D eigenvalue weighted by atomic mass is 32.2. The van der Waals surface area contributed by atoms with Crippen LogP contribution in [0.3, 0.4) is 0 Å². The summed E-state index contributed by atoms with van der Waals surface area (Å²) < 4.78 is 1.79. The lowest BCUT2D eigenvalue weighted by Crippen LogP contribution is -2.23. The van der Waals surface area contributed by atoms with Crippen molar-refractivity contribution in [2.24, 2.45) is 0 Å². The summed E-state index contributed by atoms with van der Waals surface area (Å²) in [5.74, 6) is -0.252. The molecule has 144 valence electrons. The first-order valence-electron chi connectivity index (χ1n) is 8.75. The number of nitrogens with zero attached hydrogens (tertiary/aromatic N) is 3. The van der Waals surface area contributed by atoms with Gasteiger partial charge in [0.05, 0.1) is 10.9 Å². The zero-order valence-corrected chi connectivity index (χ0v) is 16.7. The van der Waals surface area contributed by atoms with Gasteiger partial charge in [-0.05, 0) is 43.7 Å². The molecule has 2 aromatic carbocycles. The average Bonchev–Trinajstić information content (AvgIpc) is 3.11. The van der Waals surface area contributed by atoms with Gasteiger partial charge < -0.3 is 10.6 Å². The molecule has 0 saturated carbocycles. The van der Waals surface area contributed by atoms with Crippen molar-refractivity contribution in [2.75, 3.05) is 10.6 Å². The number of amides is 2. The largest absolute Gasteiger partial charge is 0.326 e. The maximum absolute atomic E-state index is 12.6. The van der Waals surface area contributed by atoms with Crippen LogP contribution in [0, 0.1) is 6.92 Å². The normalized spacial score (nSPS) is 11.7. The van der Waals surface area contributed by atoms with Crippen molar-refractivity contribution in [3.8, 4) is 5.69 Å². The molecule has 0 aliphatic rings. The van der Waals surface area contributed by atoms with E-state index in [4.69, 9.17) is 0 Å². The number of hydrogen-bond donors (Lipinski definition) is 2. The van der Waals surface area contributed by atoms with E-state index in [2.05, 4.69) is 20.8 Å². The van der Waals surface area contributed by atoms with Crippen molar-refractivity contribution >= 4 is 35.0 Å². The first-order chi connectivity index (χ1) is 13.4. The molecule has 1 aromatic heterocycles. The van der Waals surface area contributed by atoms with Crippen LogP contribution in [0.25, 0.3) is 5.69 Å². The number of anilines is 2. The van der Waals surface area contributed by atoms with Gasteiger partial charge in [0.25, 0.3) is 0 Å². The van der Waals surface area contributed by atoms with Crippen molar-refractivity contribution in [3.63, 3.8) is 0 Å². The Hall–Kier alpha value is -3.13. The number of nitrogens with one attached hydrogen (secondary N) is 2. The molecule has 0 bridgehead atoms. The fraction of sp³-hybridized carbons (Fsp3) is 0.200. The summed E-state index contributed by atoms with van der Waals surface area (Å²) >= 11 is 1.31. The highest BCUT2D eigenvalue weighted by Gasteiger charge is 2.19. The summed E-state index contributed by atoms with van der Waals surface area (Å²) in [6, 6.07) is 15.0. The van der Waals surface area contributed by atoms with Gasteiger partial charge in [-0.2, -0.15) is 0 Å². The summed E-state index contributed by atoms with van der Waals surface area (Å²) in [4.78, 5) is 23.9. The molecule has 2 N–H and O–H groups in total. The second-order valence-corrected chi connectivity index (χ2v) is 7.59. The number of hydrogen-bond acceptors (Lipinski definition) is 5. The van der Waals surface area contributed by atoms with Gasteiger partial charge >= 0.3 is 0 Å². The Bertz CT molecular complexity index is 1000. The first kappa shape index (κ1) is 19.6. The van der Waals surface area contributed by atoms with E-state index < -0.39 is 0 Å². The third kappa shape index (κ3) is 4.77. The first-order valence-corrected chi connectivity index (χ1v) is 9.63. The van der Waals surface area contributed by atoms with Gasteiger partial charge in [-0.15, -0.1) is 10.2 Å². The van der Waals surface area contributed by atoms with Crippen molar-refractivity contribution in [3.05, 3.63) is 60.4 Å². The Morgan fingerprint density at radius 1 is 1.11 bits per heavy atom. The number of para-hydroxylation sites is 1. The maximum atomic E-state index is 12.6. The van der Waals surface area contributed by atoms with Crippen LogP contribution in [-0.4, -0.2) is 31.8 Å². The molecular weight excluding hydrogens is 374 g/mol. The average molecular weight is 395 g/mol. The number of carbonyl (C=O) groups excluding carboxylic acids is 2. The second kappa shape index (κ2) is 8.71. The van der Waals surface area contributed by atoms with Crippen LogP contribution in [0.1, 0.15) is 19.4 Å². The van der Waals surface area contributed by atoms with E-state index in [9.17, 15) is 9.59 Å². The minimum absolute atomic E-state index is 0.110. The van der Waals surface area contributed by atoms with Crippen molar-refractivity contribution in [1.29, 1.82) is 0 Å². The van der Waals surface area contributed by atoms with E-state index in [0.29, 0.717) is 10.8 Å². The van der Waals surface area contributed by atoms with Crippen LogP contribution >= 0.6 is 11.8 Å². The Balaban J connectivity index is 1.74. The quantitative estimate of drug-likeness (QED) is 0.622. The van der Waals surface area contributed by atoms with Gasteiger partial charge in [-0.25, -0.2) is 0 Å². The molecule has 1 atom stereocenters. The van der Waals surface area contributed by atoms with Crippen LogP contribution in [0.4, 0.5) is 11.4 Å². The van der Waals surface area contributed by atoms with E-state index in [1.807, 2.05) is 56.3 Å². The predicted octanol–water partition coefficient (Wildman–Crippen LogP) is 3.65. The van der Waals surface area contributed by atoms with Crippen LogP contribution in [-0.2, 0) is 9.59 Å². The number of aromatic nitrogens is 3. The standard InChI is InChI=1S/C20H21N5O2S/c1-13-7-4-5-10-18(13)23-19(27)14(2)28-20-24-21-12-25(20)17-9-6-8-16(11-17)22-15(3)26/h4-12,14H,1-3H3,(H,22,26)(H,23,27). The molecule has 0 radical (unpaired) electrons. The van der Waals surface area contributed by atoms with Crippen LogP contribution in [0.2, 0.25) is 0 Å². The van der Waals surface area contributed by atoms with E-state index in [1.54, 1.807) is 17.0 Å². The Labute approximate surface area is 167 Å². The van der Waals surface area contributed by atoms with E-state index in [-0.39, 0.29) is 17.1 Å². The molecule has 7 nitrogen and oxygen atoms in total. The zero-order valence-electron chi connectivity index (χ0n) is 15.8. The third-order valence-corrected chi connectivity index (χ3v) is 5.07. The van der Waals surface area contributed by atoms with Crippen molar-refractivity contribution in [1.82, 2.24) is 14.8 Å². The molecule has 2 amide bonds. The van der Waals surface area contributed by atoms with E-state index in [0.717, 1.165) is 16.9 Å². The van der Waals surface area contributed by atoms with Crippen molar-refractivity contribution in [2.45, 2.75) is 31.2 Å². The fourth-order valence-corrected chi connectivity index (χ4v) is 3.42. The van der Waals surface area contributed by atoms with Crippen molar-refractivity contribution < 1.29 is 9.59 Å². The summed E-state index contributed by atoms with van der Waals surface area (Å²) in [6.45, 7) is 5.23. The minimum Gasteiger partial charge on any atom is -0.326 e. The summed E-state index contributed by atoms with van der Waals surface area (Å²) in [5, 5.41) is 14.0. The van der Waals surface area contributed by atoms with Gasteiger partial charge in [0.1, 0.15) is 6.33 Å². The number of thioether (sulfide) groups is 1. The molecule has 28 heavy (non-hydrogen) atoms. The molecule has 0 spiro atoms. The van der Waals surface area contributed by atoms with E-state index >= 15 is 0 Å². The number of carbonyl (C=O) groups is 2. The number of aryl methyl sites for hydroxylation is 1. The maximum Gasteiger partial charge on any atom is 0.237 e. The summed E-state index contributed by atoms with van der Waals surface area (Å²) in [5.41, 5.74) is 3.28. The summed E-state index contributed by atoms with van der Waals surface area (Å²) in [7, 11) is 0. The molecule has 0 aliphatic heterocycles. The van der Waals surface area contributed by atoms with Gasteiger partial charge in [0.15, 0.2) is 5.16 Å². The molecule has 0 fully saturated rings. The molecule has 1 heterocycles. The van der Waals surface area contributed by atoms with E-state index in [1.165, 1.54) is 18.7 Å². The lowest BCUT2D eigenvalue weighted by atomic mass is 10.2. The topological polar surface area (TPSA) is 88.9 Å². The highest BCUT2D eigenvalue weighted by Crippen LogP contribution is 2.26. The molecule has 1 unspecified atom stereocenters. The second-order valence-electron chi connectivity index (χ2n) is 6.28. The zero-order chi connectivity index (χ0) is 20.1. The van der Waals surface area contributed by atoms with Gasteiger partial charge in [0.2, 0.25) is 11.8 Å². The predicted molar refractivity (Wildman–Crippen MR) is 111 cm³/mol. The van der Waals surface area contributed by atoms with Gasteiger partial charge in [-0.3, -0.25) is 14.2 Å². The molecule has 3 rings (SSSR count). The minimum atomic E-state index is -0.374. The Morgan fingerprint density at radius 2 is 1.89 bits per heavy atom. The number of benzene rings is 2. The Morgan fingerprint density at radius 3 is 2.64 bits per heavy atom. The molecular formula is C20H21N5O2S. The Kier molecular flexibility index (Phi) is 6.10.